The van der Waals surface area contributed by atoms with Crippen LogP contribution in [0.15, 0.2) is 42.5 Å². The van der Waals surface area contributed by atoms with E-state index in [1.807, 2.05) is 56.3 Å². The third kappa shape index (κ3) is 11.8. The Labute approximate surface area is 279 Å². The van der Waals surface area contributed by atoms with E-state index in [-0.39, 0.29) is 47.3 Å². The zero-order valence-electron chi connectivity index (χ0n) is 30.2. The van der Waals surface area contributed by atoms with Crippen molar-refractivity contribution < 1.29 is 42.7 Å². The van der Waals surface area contributed by atoms with Gasteiger partial charge in [-0.2, -0.15) is 0 Å². The monoisotopic (exact) mass is 666 g/mol. The summed E-state index contributed by atoms with van der Waals surface area (Å²) in [4.78, 5) is 11.3. The number of benzene rings is 1. The maximum atomic E-state index is 11.4. The number of carbonyl (C=O) groups is 1. The second-order valence-electron chi connectivity index (χ2n) is 14.1. The van der Waals surface area contributed by atoms with E-state index in [2.05, 4.69) is 33.9 Å². The van der Waals surface area contributed by atoms with Gasteiger partial charge < -0.3 is 38.0 Å². The molecule has 1 heterocycles. The molecular weight excluding hydrogens is 604 g/mol. The predicted octanol–water partition coefficient (Wildman–Crippen LogP) is 6.68. The number of carbonyl (C=O) groups excluding carboxylic acids is 1. The molecule has 1 aromatic rings. The van der Waals surface area contributed by atoms with Gasteiger partial charge in [-0.1, -0.05) is 71.0 Å². The van der Waals surface area contributed by atoms with Gasteiger partial charge >= 0.3 is 5.97 Å². The van der Waals surface area contributed by atoms with Crippen LogP contribution in [0.1, 0.15) is 72.8 Å². The summed E-state index contributed by atoms with van der Waals surface area (Å²) in [5.74, 6) is -1.89. The van der Waals surface area contributed by atoms with E-state index >= 15 is 0 Å². The van der Waals surface area contributed by atoms with E-state index in [0.717, 1.165) is 5.56 Å². The Bertz CT molecular complexity index is 1040. The summed E-state index contributed by atoms with van der Waals surface area (Å²) in [5, 5.41) is 11.4. The Kier molecular flexibility index (Phi) is 16.6. The first-order chi connectivity index (χ1) is 21.6. The van der Waals surface area contributed by atoms with E-state index in [4.69, 9.17) is 32.8 Å². The van der Waals surface area contributed by atoms with E-state index in [9.17, 15) is 9.90 Å². The molecule has 1 aromatic carbocycles. The molecule has 0 saturated carbocycles. The topological polar surface area (TPSA) is 102 Å². The molecule has 10 heteroatoms. The fourth-order valence-corrected chi connectivity index (χ4v) is 7.06. The maximum Gasteiger partial charge on any atom is 0.302 e. The van der Waals surface area contributed by atoms with Gasteiger partial charge in [0.2, 0.25) is 0 Å². The molecule has 0 unspecified atom stereocenters. The Morgan fingerprint density at radius 2 is 1.78 bits per heavy atom. The van der Waals surface area contributed by atoms with Crippen molar-refractivity contribution in [3.63, 3.8) is 0 Å². The summed E-state index contributed by atoms with van der Waals surface area (Å²) in [5.41, 5.74) is 1.08. The number of aliphatic hydroxyl groups excluding tert-OH is 1. The number of hydrogen-bond donors (Lipinski definition) is 1. The third-order valence-corrected chi connectivity index (χ3v) is 14.2. The highest BCUT2D eigenvalue weighted by Crippen LogP contribution is 2.42. The molecule has 2 rings (SSSR count). The molecule has 46 heavy (non-hydrogen) atoms. The van der Waals surface area contributed by atoms with Gasteiger partial charge in [0, 0.05) is 46.5 Å². The zero-order valence-corrected chi connectivity index (χ0v) is 31.2. The second kappa shape index (κ2) is 18.8. The molecule has 0 radical (unpaired) electrons. The summed E-state index contributed by atoms with van der Waals surface area (Å²) in [6.45, 7) is 17.7. The van der Waals surface area contributed by atoms with Crippen LogP contribution in [0.2, 0.25) is 18.1 Å². The molecule has 8 atom stereocenters. The van der Waals surface area contributed by atoms with Gasteiger partial charge in [-0.25, -0.2) is 0 Å². The number of methoxy groups -OCH3 is 3. The molecule has 264 valence electrons. The highest BCUT2D eigenvalue weighted by Gasteiger charge is 2.50. The standard InChI is InChI=1S/C36H62O9Si/c1-26-33(23-30(25-39-7)43-24-29-17-13-12-14-18-29)44-36(41-9,27(2)34(26)38)21-15-19-31(40-8)32(20-16-22-42-28(3)37)45-46(10,11)35(4,5)6/h12-15,17-18,21,26-27,30-34,38H,16,19-20,22-25H2,1-11H3/b21-15+/t26-,27+,30+,31-,32-,33+,34-,36-/m0/s1. The number of hydrogen-bond acceptors (Lipinski definition) is 9. The molecule has 1 aliphatic heterocycles. The summed E-state index contributed by atoms with van der Waals surface area (Å²) in [7, 11) is 2.85. The Hall–Kier alpha value is -1.63. The van der Waals surface area contributed by atoms with Crippen LogP contribution < -0.4 is 0 Å². The van der Waals surface area contributed by atoms with E-state index in [1.54, 1.807) is 21.3 Å². The molecule has 1 N–H and O–H groups in total. The molecule has 0 aromatic heterocycles. The van der Waals surface area contributed by atoms with Crippen molar-refractivity contribution in [3.05, 3.63) is 48.0 Å². The minimum absolute atomic E-state index is 0.0219. The van der Waals surface area contributed by atoms with Crippen LogP contribution in [0.3, 0.4) is 0 Å². The average Bonchev–Trinajstić information content (AvgIpc) is 3.00. The largest absolute Gasteiger partial charge is 0.466 e. The van der Waals surface area contributed by atoms with Crippen LogP contribution in [-0.2, 0) is 44.2 Å². The molecular formula is C36H62O9Si. The molecule has 1 saturated heterocycles. The van der Waals surface area contributed by atoms with Gasteiger partial charge in [0.05, 0.1) is 50.3 Å². The average molecular weight is 667 g/mol. The molecule has 0 spiro atoms. The van der Waals surface area contributed by atoms with Gasteiger partial charge in [0.1, 0.15) is 0 Å². The van der Waals surface area contributed by atoms with E-state index in [1.165, 1.54) is 6.92 Å². The third-order valence-electron chi connectivity index (χ3n) is 9.73. The summed E-state index contributed by atoms with van der Waals surface area (Å²) in [6.07, 6.45) is 4.73. The highest BCUT2D eigenvalue weighted by atomic mass is 28.4. The Morgan fingerprint density at radius 3 is 2.35 bits per heavy atom. The SMILES string of the molecule is COC[C@@H](C[C@H]1O[C@](/C=C/C[C@H](OC)[C@H](CCCOC(C)=O)O[Si](C)(C)C(C)(C)C)(OC)[C@H](C)[C@@H](O)[C@H]1C)OCc1ccccc1. The molecule has 9 nitrogen and oxygen atoms in total. The number of rotatable bonds is 19. The molecule has 0 aliphatic carbocycles. The van der Waals surface area contributed by atoms with Crippen molar-refractivity contribution in [2.45, 2.75) is 128 Å². The predicted molar refractivity (Wildman–Crippen MR) is 183 cm³/mol. The first-order valence-electron chi connectivity index (χ1n) is 16.7. The fraction of sp³-hybridized carbons (Fsp3) is 0.750. The van der Waals surface area contributed by atoms with Crippen LogP contribution in [0.25, 0.3) is 0 Å². The van der Waals surface area contributed by atoms with Crippen LogP contribution in [0.5, 0.6) is 0 Å². The number of ether oxygens (including phenoxy) is 6. The van der Waals surface area contributed by atoms with Crippen LogP contribution in [0, 0.1) is 11.8 Å². The molecule has 0 amide bonds. The van der Waals surface area contributed by atoms with Crippen LogP contribution in [0.4, 0.5) is 0 Å². The lowest BCUT2D eigenvalue weighted by Crippen LogP contribution is -2.57. The number of aliphatic hydroxyl groups is 1. The second-order valence-corrected chi connectivity index (χ2v) is 18.9. The van der Waals surface area contributed by atoms with Gasteiger partial charge in [0.25, 0.3) is 0 Å². The molecule has 0 bridgehead atoms. The van der Waals surface area contributed by atoms with Gasteiger partial charge in [-0.15, -0.1) is 0 Å². The van der Waals surface area contributed by atoms with Crippen molar-refractivity contribution in [1.29, 1.82) is 0 Å². The van der Waals surface area contributed by atoms with E-state index < -0.39 is 20.2 Å². The Morgan fingerprint density at radius 1 is 1.11 bits per heavy atom. The molecule has 1 aliphatic rings. The molecule has 1 fully saturated rings. The minimum Gasteiger partial charge on any atom is -0.466 e. The first-order valence-corrected chi connectivity index (χ1v) is 19.6. The number of esters is 1. The quantitative estimate of drug-likeness (QED) is 0.0750. The minimum atomic E-state index is -2.13. The lowest BCUT2D eigenvalue weighted by atomic mass is 9.79. The van der Waals surface area contributed by atoms with Crippen molar-refractivity contribution in [2.24, 2.45) is 11.8 Å². The van der Waals surface area contributed by atoms with Crippen LogP contribution >= 0.6 is 0 Å². The van der Waals surface area contributed by atoms with Gasteiger partial charge in [0.15, 0.2) is 14.1 Å². The maximum absolute atomic E-state index is 11.4. The fourth-order valence-electron chi connectivity index (χ4n) is 5.68. The highest BCUT2D eigenvalue weighted by molar-refractivity contribution is 6.74. The van der Waals surface area contributed by atoms with Gasteiger partial charge in [-0.3, -0.25) is 4.79 Å². The van der Waals surface area contributed by atoms with Crippen molar-refractivity contribution in [1.82, 2.24) is 0 Å². The van der Waals surface area contributed by atoms with Crippen LogP contribution in [-0.4, -0.2) is 90.2 Å². The summed E-state index contributed by atoms with van der Waals surface area (Å²) in [6, 6.07) is 10.0. The van der Waals surface area contributed by atoms with E-state index in [0.29, 0.717) is 45.5 Å². The lowest BCUT2D eigenvalue weighted by Gasteiger charge is -2.49. The van der Waals surface area contributed by atoms with Crippen molar-refractivity contribution in [3.8, 4) is 0 Å². The normalized spacial score (nSPS) is 26.2. The van der Waals surface area contributed by atoms with Gasteiger partial charge in [-0.05, 0) is 49.0 Å². The smallest absolute Gasteiger partial charge is 0.302 e. The van der Waals surface area contributed by atoms with Crippen molar-refractivity contribution in [2.75, 3.05) is 34.5 Å². The first kappa shape index (κ1) is 40.5. The zero-order chi connectivity index (χ0) is 34.5. The summed E-state index contributed by atoms with van der Waals surface area (Å²) >= 11 is 0. The summed E-state index contributed by atoms with van der Waals surface area (Å²) < 4.78 is 42.6. The van der Waals surface area contributed by atoms with Crippen molar-refractivity contribution >= 4 is 14.3 Å². The lowest BCUT2D eigenvalue weighted by molar-refractivity contribution is -0.306. The Balaban J connectivity index is 2.23.